The highest BCUT2D eigenvalue weighted by Crippen LogP contribution is 2.34. The Hall–Kier alpha value is -1.26. The maximum atomic E-state index is 5.35. The minimum Gasteiger partial charge on any atom is -0.353 e. The van der Waals surface area contributed by atoms with Gasteiger partial charge < -0.3 is 4.74 Å². The van der Waals surface area contributed by atoms with E-state index in [2.05, 4.69) is 25.7 Å². The summed E-state index contributed by atoms with van der Waals surface area (Å²) >= 11 is 0. The zero-order chi connectivity index (χ0) is 9.31. The molecule has 1 aromatic rings. The maximum Gasteiger partial charge on any atom is 0.147 e. The van der Waals surface area contributed by atoms with Crippen LogP contribution in [0.15, 0.2) is 30.3 Å². The Bertz CT molecular complexity index is 354. The molecule has 2 rings (SSSR count). The van der Waals surface area contributed by atoms with Crippen molar-refractivity contribution in [1.82, 2.24) is 0 Å². The van der Waals surface area contributed by atoms with Crippen LogP contribution in [0.4, 0.5) is 0 Å². The predicted molar refractivity (Wildman–Crippen MR) is 52.3 cm³/mol. The Kier molecular flexibility index (Phi) is 1.86. The van der Waals surface area contributed by atoms with E-state index in [0.29, 0.717) is 0 Å². The average molecular weight is 172 g/mol. The maximum absolute atomic E-state index is 5.35. The van der Waals surface area contributed by atoms with E-state index < -0.39 is 0 Å². The molecule has 0 N–H and O–H groups in total. The predicted octanol–water partition coefficient (Wildman–Crippen LogP) is 2.22. The van der Waals surface area contributed by atoms with Gasteiger partial charge in [-0.3, -0.25) is 0 Å². The van der Waals surface area contributed by atoms with Gasteiger partial charge in [0.25, 0.3) is 0 Å². The first-order valence-electron chi connectivity index (χ1n) is 4.43. The van der Waals surface area contributed by atoms with Gasteiger partial charge in [-0.1, -0.05) is 30.0 Å². The van der Waals surface area contributed by atoms with Gasteiger partial charge in [-0.2, -0.15) is 0 Å². The average Bonchev–Trinajstić information content (AvgIpc) is 2.73. The van der Waals surface area contributed by atoms with Crippen molar-refractivity contribution >= 4 is 0 Å². The van der Waals surface area contributed by atoms with Crippen LogP contribution in [-0.2, 0) is 4.74 Å². The second-order valence-corrected chi connectivity index (χ2v) is 3.74. The Balaban J connectivity index is 2.07. The van der Waals surface area contributed by atoms with Gasteiger partial charge >= 0.3 is 0 Å². The van der Waals surface area contributed by atoms with E-state index in [4.69, 9.17) is 4.74 Å². The summed E-state index contributed by atoms with van der Waals surface area (Å²) in [5.41, 5.74) is 1.02. The van der Waals surface area contributed by atoms with Gasteiger partial charge in [-0.15, -0.1) is 0 Å². The smallest absolute Gasteiger partial charge is 0.147 e. The fraction of sp³-hybridized carbons (Fsp3) is 0.333. The van der Waals surface area contributed by atoms with Gasteiger partial charge in [0.15, 0.2) is 0 Å². The van der Waals surface area contributed by atoms with Gasteiger partial charge in [0.05, 0.1) is 0 Å². The third-order valence-electron chi connectivity index (χ3n) is 2.12. The van der Waals surface area contributed by atoms with E-state index in [9.17, 15) is 0 Å². The quantitative estimate of drug-likeness (QED) is 0.432. The minimum atomic E-state index is -0.0260. The third kappa shape index (κ3) is 1.91. The van der Waals surface area contributed by atoms with E-state index in [1.54, 1.807) is 0 Å². The van der Waals surface area contributed by atoms with Crippen LogP contribution in [0.1, 0.15) is 19.4 Å². The fourth-order valence-corrected chi connectivity index (χ4v) is 1.14. The van der Waals surface area contributed by atoms with E-state index in [0.717, 1.165) is 5.56 Å². The lowest BCUT2D eigenvalue weighted by molar-refractivity contribution is 0.335. The summed E-state index contributed by atoms with van der Waals surface area (Å²) in [6.45, 7) is 4.11. The summed E-state index contributed by atoms with van der Waals surface area (Å²) in [4.78, 5) is 0. The lowest BCUT2D eigenvalue weighted by Gasteiger charge is -1.87. The summed E-state index contributed by atoms with van der Waals surface area (Å²) in [6, 6.07) is 9.97. The third-order valence-corrected chi connectivity index (χ3v) is 2.12. The van der Waals surface area contributed by atoms with Crippen LogP contribution in [0.3, 0.4) is 0 Å². The molecule has 0 aliphatic carbocycles. The van der Waals surface area contributed by atoms with Gasteiger partial charge in [0, 0.05) is 5.56 Å². The van der Waals surface area contributed by atoms with Crippen molar-refractivity contribution in [3.8, 4) is 11.8 Å². The van der Waals surface area contributed by atoms with Gasteiger partial charge in [0.2, 0.25) is 0 Å². The zero-order valence-corrected chi connectivity index (χ0v) is 7.87. The molecule has 1 saturated heterocycles. The lowest BCUT2D eigenvalue weighted by Crippen LogP contribution is -1.99. The van der Waals surface area contributed by atoms with Gasteiger partial charge in [0.1, 0.15) is 11.7 Å². The normalized spacial score (nSPS) is 23.1. The first kappa shape index (κ1) is 8.34. The van der Waals surface area contributed by atoms with Crippen LogP contribution in [0.2, 0.25) is 0 Å². The van der Waals surface area contributed by atoms with E-state index >= 15 is 0 Å². The molecule has 0 spiro atoms. The number of epoxide rings is 1. The molecule has 0 amide bonds. The van der Waals surface area contributed by atoms with Crippen molar-refractivity contribution in [3.63, 3.8) is 0 Å². The molecular formula is C12H12O. The largest absolute Gasteiger partial charge is 0.353 e. The number of benzene rings is 1. The standard InChI is InChI=1S/C12H12O/c1-12(2)11(13-12)9-8-10-6-4-3-5-7-10/h3-7,11H,1-2H3/t11-/m1/s1. The molecule has 1 aliphatic heterocycles. The summed E-state index contributed by atoms with van der Waals surface area (Å²) < 4.78 is 5.35. The van der Waals surface area contributed by atoms with Crippen LogP contribution in [-0.4, -0.2) is 11.7 Å². The second-order valence-electron chi connectivity index (χ2n) is 3.74. The minimum absolute atomic E-state index is 0.0260. The van der Waals surface area contributed by atoms with E-state index in [-0.39, 0.29) is 11.7 Å². The van der Waals surface area contributed by atoms with E-state index in [1.807, 2.05) is 30.3 Å². The summed E-state index contributed by atoms with van der Waals surface area (Å²) in [5, 5.41) is 0. The summed E-state index contributed by atoms with van der Waals surface area (Å²) in [5.74, 6) is 6.18. The van der Waals surface area contributed by atoms with Crippen LogP contribution < -0.4 is 0 Å². The Morgan fingerprint density at radius 3 is 2.38 bits per heavy atom. The topological polar surface area (TPSA) is 12.5 Å². The monoisotopic (exact) mass is 172 g/mol. The molecule has 0 saturated carbocycles. The SMILES string of the molecule is CC1(C)O[C@@H]1C#Cc1ccccc1. The summed E-state index contributed by atoms with van der Waals surface area (Å²) in [7, 11) is 0. The molecular weight excluding hydrogens is 160 g/mol. The van der Waals surface area contributed by atoms with Crippen molar-refractivity contribution in [2.24, 2.45) is 0 Å². The Morgan fingerprint density at radius 2 is 1.85 bits per heavy atom. The van der Waals surface area contributed by atoms with Crippen LogP contribution in [0.25, 0.3) is 0 Å². The van der Waals surface area contributed by atoms with Crippen molar-refractivity contribution in [2.75, 3.05) is 0 Å². The second kappa shape index (κ2) is 2.90. The highest BCUT2D eigenvalue weighted by molar-refractivity contribution is 5.36. The molecule has 1 fully saturated rings. The number of hydrogen-bond acceptors (Lipinski definition) is 1. The van der Waals surface area contributed by atoms with Gasteiger partial charge in [-0.05, 0) is 26.0 Å². The molecule has 0 radical (unpaired) electrons. The van der Waals surface area contributed by atoms with Gasteiger partial charge in [-0.25, -0.2) is 0 Å². The molecule has 13 heavy (non-hydrogen) atoms. The molecule has 66 valence electrons. The van der Waals surface area contributed by atoms with Crippen LogP contribution >= 0.6 is 0 Å². The molecule has 1 heteroatoms. The van der Waals surface area contributed by atoms with Crippen LogP contribution in [0, 0.1) is 11.8 Å². The number of hydrogen-bond donors (Lipinski definition) is 0. The zero-order valence-electron chi connectivity index (χ0n) is 7.87. The number of ether oxygens (including phenoxy) is 1. The molecule has 1 aromatic carbocycles. The first-order valence-corrected chi connectivity index (χ1v) is 4.43. The van der Waals surface area contributed by atoms with Crippen molar-refractivity contribution in [2.45, 2.75) is 25.6 Å². The molecule has 1 atom stereocenters. The number of rotatable bonds is 0. The molecule has 0 aromatic heterocycles. The molecule has 1 heterocycles. The van der Waals surface area contributed by atoms with Crippen LogP contribution in [0.5, 0.6) is 0 Å². The Labute approximate surface area is 78.7 Å². The molecule has 1 aliphatic rings. The van der Waals surface area contributed by atoms with Crippen molar-refractivity contribution in [3.05, 3.63) is 35.9 Å². The van der Waals surface area contributed by atoms with E-state index in [1.165, 1.54) is 0 Å². The molecule has 0 unspecified atom stereocenters. The molecule has 1 nitrogen and oxygen atoms in total. The Morgan fingerprint density at radius 1 is 1.23 bits per heavy atom. The van der Waals surface area contributed by atoms with Crippen molar-refractivity contribution < 1.29 is 4.74 Å². The first-order chi connectivity index (χ1) is 6.18. The van der Waals surface area contributed by atoms with Crippen molar-refractivity contribution in [1.29, 1.82) is 0 Å². The lowest BCUT2D eigenvalue weighted by atomic mass is 10.1. The molecule has 0 bridgehead atoms. The summed E-state index contributed by atoms with van der Waals surface area (Å²) in [6.07, 6.45) is 0.118. The fourth-order valence-electron chi connectivity index (χ4n) is 1.14. The highest BCUT2D eigenvalue weighted by atomic mass is 16.6. The highest BCUT2D eigenvalue weighted by Gasteiger charge is 2.46.